The first-order chi connectivity index (χ1) is 6.33. The van der Waals surface area contributed by atoms with Crippen molar-refractivity contribution in [2.75, 3.05) is 6.54 Å². The Kier molecular flexibility index (Phi) is 2.05. The van der Waals surface area contributed by atoms with E-state index in [2.05, 4.69) is 18.3 Å². The summed E-state index contributed by atoms with van der Waals surface area (Å²) in [6.45, 7) is 2.91. The second-order valence-electron chi connectivity index (χ2n) is 3.30. The van der Waals surface area contributed by atoms with E-state index in [1.165, 1.54) is 11.1 Å². The number of fused-ring (bicyclic) bond motifs is 1. The summed E-state index contributed by atoms with van der Waals surface area (Å²) in [6.07, 6.45) is 1.99. The van der Waals surface area contributed by atoms with E-state index < -0.39 is 0 Å². The van der Waals surface area contributed by atoms with Gasteiger partial charge in [-0.15, -0.1) is 0 Å². The minimum atomic E-state index is 0.0801. The Morgan fingerprint density at radius 3 is 3.08 bits per heavy atom. The van der Waals surface area contributed by atoms with E-state index in [0.29, 0.717) is 0 Å². The van der Waals surface area contributed by atoms with Gasteiger partial charge in [-0.05, 0) is 30.0 Å². The van der Waals surface area contributed by atoms with E-state index in [1.54, 1.807) is 0 Å². The molecule has 0 fully saturated rings. The highest BCUT2D eigenvalue weighted by Crippen LogP contribution is 2.18. The maximum absolute atomic E-state index is 11.4. The highest BCUT2D eigenvalue weighted by Gasteiger charge is 2.17. The van der Waals surface area contributed by atoms with Gasteiger partial charge in [-0.3, -0.25) is 4.79 Å². The Hall–Kier alpha value is -1.31. The van der Waals surface area contributed by atoms with Crippen molar-refractivity contribution in [3.63, 3.8) is 0 Å². The van der Waals surface area contributed by atoms with Crippen LogP contribution >= 0.6 is 0 Å². The summed E-state index contributed by atoms with van der Waals surface area (Å²) in [5.41, 5.74) is 3.42. The summed E-state index contributed by atoms with van der Waals surface area (Å²) >= 11 is 0. The highest BCUT2D eigenvalue weighted by molar-refractivity contribution is 5.97. The smallest absolute Gasteiger partial charge is 0.251 e. The lowest BCUT2D eigenvalue weighted by atomic mass is 9.94. The minimum absolute atomic E-state index is 0.0801. The Morgan fingerprint density at radius 2 is 2.31 bits per heavy atom. The van der Waals surface area contributed by atoms with Crippen LogP contribution in [0, 0.1) is 0 Å². The van der Waals surface area contributed by atoms with Crippen LogP contribution in [0.25, 0.3) is 0 Å². The van der Waals surface area contributed by atoms with E-state index >= 15 is 0 Å². The van der Waals surface area contributed by atoms with Crippen LogP contribution in [0.3, 0.4) is 0 Å². The number of amides is 1. The quantitative estimate of drug-likeness (QED) is 0.689. The van der Waals surface area contributed by atoms with Crippen LogP contribution in [0.5, 0.6) is 0 Å². The molecule has 2 heteroatoms. The molecule has 1 aromatic carbocycles. The molecule has 0 radical (unpaired) electrons. The molecule has 68 valence electrons. The Labute approximate surface area is 78.0 Å². The van der Waals surface area contributed by atoms with E-state index in [4.69, 9.17) is 0 Å². The summed E-state index contributed by atoms with van der Waals surface area (Å²) in [5, 5.41) is 2.85. The Balaban J connectivity index is 2.54. The average molecular weight is 175 g/mol. The highest BCUT2D eigenvalue weighted by atomic mass is 16.1. The molecule has 0 bridgehead atoms. The molecular formula is C11H13NO. The van der Waals surface area contributed by atoms with Crippen molar-refractivity contribution in [1.82, 2.24) is 5.32 Å². The molecule has 1 aromatic rings. The van der Waals surface area contributed by atoms with Gasteiger partial charge >= 0.3 is 0 Å². The maximum Gasteiger partial charge on any atom is 0.251 e. The molecule has 1 aliphatic heterocycles. The fourth-order valence-corrected chi connectivity index (χ4v) is 1.87. The third kappa shape index (κ3) is 1.32. The normalized spacial score (nSPS) is 15.0. The number of carbonyl (C=O) groups is 1. The molecule has 2 rings (SSSR count). The molecule has 2 nitrogen and oxygen atoms in total. The first-order valence-electron chi connectivity index (χ1n) is 4.72. The van der Waals surface area contributed by atoms with Gasteiger partial charge in [-0.1, -0.05) is 19.1 Å². The maximum atomic E-state index is 11.4. The van der Waals surface area contributed by atoms with Crippen molar-refractivity contribution >= 4 is 5.91 Å². The molecule has 1 N–H and O–H groups in total. The van der Waals surface area contributed by atoms with E-state index in [0.717, 1.165) is 24.9 Å². The monoisotopic (exact) mass is 175 g/mol. The zero-order valence-corrected chi connectivity index (χ0v) is 7.76. The van der Waals surface area contributed by atoms with Crippen molar-refractivity contribution in [3.8, 4) is 0 Å². The molecular weight excluding hydrogens is 162 g/mol. The number of hydrogen-bond acceptors (Lipinski definition) is 1. The zero-order chi connectivity index (χ0) is 9.26. The van der Waals surface area contributed by atoms with Gasteiger partial charge in [-0.25, -0.2) is 0 Å². The van der Waals surface area contributed by atoms with Gasteiger partial charge in [-0.2, -0.15) is 0 Å². The van der Waals surface area contributed by atoms with Crippen molar-refractivity contribution in [2.45, 2.75) is 19.8 Å². The van der Waals surface area contributed by atoms with Crippen molar-refractivity contribution in [3.05, 3.63) is 34.9 Å². The van der Waals surface area contributed by atoms with Crippen LogP contribution in [-0.2, 0) is 12.8 Å². The van der Waals surface area contributed by atoms with Gasteiger partial charge < -0.3 is 5.32 Å². The topological polar surface area (TPSA) is 29.1 Å². The van der Waals surface area contributed by atoms with Crippen molar-refractivity contribution in [1.29, 1.82) is 0 Å². The summed E-state index contributed by atoms with van der Waals surface area (Å²) in [5.74, 6) is 0.0801. The first kappa shape index (κ1) is 8.30. The van der Waals surface area contributed by atoms with Crippen LogP contribution in [0.15, 0.2) is 18.2 Å². The van der Waals surface area contributed by atoms with E-state index in [1.807, 2.05) is 12.1 Å². The second-order valence-corrected chi connectivity index (χ2v) is 3.30. The summed E-state index contributed by atoms with van der Waals surface area (Å²) < 4.78 is 0. The van der Waals surface area contributed by atoms with Gasteiger partial charge in [0, 0.05) is 12.1 Å². The van der Waals surface area contributed by atoms with E-state index in [9.17, 15) is 4.79 Å². The molecule has 0 unspecified atom stereocenters. The van der Waals surface area contributed by atoms with Crippen LogP contribution in [-0.4, -0.2) is 12.5 Å². The predicted octanol–water partition coefficient (Wildman–Crippen LogP) is 1.53. The molecule has 0 aromatic heterocycles. The van der Waals surface area contributed by atoms with Crippen molar-refractivity contribution < 1.29 is 4.79 Å². The zero-order valence-electron chi connectivity index (χ0n) is 7.76. The molecule has 0 spiro atoms. The molecule has 1 aliphatic rings. The molecule has 0 atom stereocenters. The third-order valence-electron chi connectivity index (χ3n) is 2.56. The number of benzene rings is 1. The summed E-state index contributed by atoms with van der Waals surface area (Å²) in [6, 6.07) is 5.98. The van der Waals surface area contributed by atoms with Crippen LogP contribution in [0.4, 0.5) is 0 Å². The lowest BCUT2D eigenvalue weighted by Crippen LogP contribution is -2.32. The molecule has 0 saturated heterocycles. The van der Waals surface area contributed by atoms with Crippen LogP contribution in [0.1, 0.15) is 28.4 Å². The number of rotatable bonds is 1. The fourth-order valence-electron chi connectivity index (χ4n) is 1.87. The first-order valence-corrected chi connectivity index (χ1v) is 4.72. The molecule has 1 amide bonds. The predicted molar refractivity (Wildman–Crippen MR) is 51.9 cm³/mol. The van der Waals surface area contributed by atoms with Crippen LogP contribution < -0.4 is 5.32 Å². The van der Waals surface area contributed by atoms with Gasteiger partial charge in [0.15, 0.2) is 0 Å². The third-order valence-corrected chi connectivity index (χ3v) is 2.56. The SMILES string of the molecule is CCc1cccc2c1CCNC2=O. The molecule has 13 heavy (non-hydrogen) atoms. The van der Waals surface area contributed by atoms with Gasteiger partial charge in [0.05, 0.1) is 0 Å². The Bertz CT molecular complexity index is 344. The summed E-state index contributed by atoms with van der Waals surface area (Å²) in [7, 11) is 0. The minimum Gasteiger partial charge on any atom is -0.352 e. The number of hydrogen-bond donors (Lipinski definition) is 1. The van der Waals surface area contributed by atoms with Gasteiger partial charge in [0.25, 0.3) is 5.91 Å². The van der Waals surface area contributed by atoms with E-state index in [-0.39, 0.29) is 5.91 Å². The molecule has 0 saturated carbocycles. The molecule has 0 aliphatic carbocycles. The van der Waals surface area contributed by atoms with Gasteiger partial charge in [0.1, 0.15) is 0 Å². The summed E-state index contributed by atoms with van der Waals surface area (Å²) in [4.78, 5) is 11.4. The lowest BCUT2D eigenvalue weighted by molar-refractivity contribution is 0.0946. The lowest BCUT2D eigenvalue weighted by Gasteiger charge is -2.18. The van der Waals surface area contributed by atoms with Crippen LogP contribution in [0.2, 0.25) is 0 Å². The standard InChI is InChI=1S/C11H13NO/c1-2-8-4-3-5-10-9(8)6-7-12-11(10)13/h3-5H,2,6-7H2,1H3,(H,12,13). The number of nitrogens with one attached hydrogen (secondary N) is 1. The van der Waals surface area contributed by atoms with Crippen molar-refractivity contribution in [2.24, 2.45) is 0 Å². The molecule has 1 heterocycles. The van der Waals surface area contributed by atoms with Gasteiger partial charge in [0.2, 0.25) is 0 Å². The Morgan fingerprint density at radius 1 is 1.46 bits per heavy atom. The number of aryl methyl sites for hydroxylation is 1. The average Bonchev–Trinajstić information content (AvgIpc) is 2.18. The largest absolute Gasteiger partial charge is 0.352 e. The second kappa shape index (κ2) is 3.21. The number of carbonyl (C=O) groups excluding carboxylic acids is 1. The fraction of sp³-hybridized carbons (Fsp3) is 0.364.